The number of H-pyrrole nitrogens is 1. The van der Waals surface area contributed by atoms with Crippen molar-refractivity contribution in [3.8, 4) is 0 Å². The zero-order valence-corrected chi connectivity index (χ0v) is 9.24. The zero-order chi connectivity index (χ0) is 11.8. The van der Waals surface area contributed by atoms with Gasteiger partial charge in [-0.25, -0.2) is 9.37 Å². The Morgan fingerprint density at radius 2 is 2.06 bits per heavy atom. The maximum atomic E-state index is 13.5. The molecule has 2 aromatic rings. The molecule has 1 fully saturated rings. The average molecular weight is 233 g/mol. The van der Waals surface area contributed by atoms with E-state index in [1.165, 1.54) is 18.5 Å². The van der Waals surface area contributed by atoms with E-state index in [0.29, 0.717) is 16.6 Å². The number of aromatic nitrogens is 2. The molecule has 1 saturated heterocycles. The molecule has 17 heavy (non-hydrogen) atoms. The van der Waals surface area contributed by atoms with Crippen LogP contribution in [0, 0.1) is 5.82 Å². The quantitative estimate of drug-likeness (QED) is 0.815. The zero-order valence-electron chi connectivity index (χ0n) is 9.24. The molecule has 1 aromatic carbocycles. The molecule has 3 rings (SSSR count). The topological polar surface area (TPSA) is 49.0 Å². The lowest BCUT2D eigenvalue weighted by atomic mass is 10.2. The summed E-state index contributed by atoms with van der Waals surface area (Å²) in [5.41, 5.74) is 0.861. The largest absolute Gasteiger partial charge is 0.371 e. The van der Waals surface area contributed by atoms with Crippen molar-refractivity contribution < 1.29 is 4.39 Å². The van der Waals surface area contributed by atoms with Gasteiger partial charge < -0.3 is 9.88 Å². The number of fused-ring (bicyclic) bond motifs is 1. The third kappa shape index (κ3) is 1.67. The van der Waals surface area contributed by atoms with E-state index in [2.05, 4.69) is 9.97 Å². The Bertz CT molecular complexity index is 617. The lowest BCUT2D eigenvalue weighted by molar-refractivity contribution is 0.628. The van der Waals surface area contributed by atoms with Crippen LogP contribution < -0.4 is 10.5 Å². The Morgan fingerprint density at radius 1 is 1.29 bits per heavy atom. The third-order valence-corrected chi connectivity index (χ3v) is 3.13. The minimum atomic E-state index is -0.350. The predicted octanol–water partition coefficient (Wildman–Crippen LogP) is 1.66. The molecule has 0 unspecified atom stereocenters. The summed E-state index contributed by atoms with van der Waals surface area (Å²) in [6.45, 7) is 1.74. The number of rotatable bonds is 1. The molecule has 0 aliphatic carbocycles. The standard InChI is InChI=1S/C12H12FN3O/c13-8-5-9-11(12(17)15-7-14-9)10(6-8)16-3-1-2-4-16/h5-7H,1-4H2,(H,14,15,17). The Hall–Kier alpha value is -1.91. The van der Waals surface area contributed by atoms with E-state index < -0.39 is 0 Å². The minimum absolute atomic E-state index is 0.211. The van der Waals surface area contributed by atoms with Crippen molar-refractivity contribution in [1.29, 1.82) is 0 Å². The molecule has 88 valence electrons. The molecular formula is C12H12FN3O. The number of nitrogens with zero attached hydrogens (tertiary/aromatic N) is 2. The minimum Gasteiger partial charge on any atom is -0.371 e. The monoisotopic (exact) mass is 233 g/mol. The smallest absolute Gasteiger partial charge is 0.260 e. The molecule has 0 atom stereocenters. The van der Waals surface area contributed by atoms with E-state index in [9.17, 15) is 9.18 Å². The van der Waals surface area contributed by atoms with Gasteiger partial charge in [0.2, 0.25) is 0 Å². The number of benzene rings is 1. The second kappa shape index (κ2) is 3.84. The van der Waals surface area contributed by atoms with Crippen molar-refractivity contribution in [2.24, 2.45) is 0 Å². The number of anilines is 1. The van der Waals surface area contributed by atoms with Crippen molar-refractivity contribution in [1.82, 2.24) is 9.97 Å². The first-order valence-corrected chi connectivity index (χ1v) is 5.67. The molecule has 5 heteroatoms. The van der Waals surface area contributed by atoms with Crippen LogP contribution in [0.25, 0.3) is 10.9 Å². The lowest BCUT2D eigenvalue weighted by Crippen LogP contribution is -2.21. The number of aromatic amines is 1. The van der Waals surface area contributed by atoms with Gasteiger partial charge in [0.1, 0.15) is 5.82 Å². The van der Waals surface area contributed by atoms with Gasteiger partial charge >= 0.3 is 0 Å². The van der Waals surface area contributed by atoms with Crippen molar-refractivity contribution in [3.63, 3.8) is 0 Å². The van der Waals surface area contributed by atoms with Gasteiger partial charge in [0.05, 0.1) is 22.9 Å². The summed E-state index contributed by atoms with van der Waals surface area (Å²) >= 11 is 0. The van der Waals surface area contributed by atoms with Crippen LogP contribution in [-0.4, -0.2) is 23.1 Å². The van der Waals surface area contributed by atoms with Crippen LogP contribution in [0.1, 0.15) is 12.8 Å². The second-order valence-corrected chi connectivity index (χ2v) is 4.24. The number of halogens is 1. The molecule has 1 aliphatic heterocycles. The molecular weight excluding hydrogens is 221 g/mol. The number of hydrogen-bond acceptors (Lipinski definition) is 3. The highest BCUT2D eigenvalue weighted by atomic mass is 19.1. The molecule has 0 saturated carbocycles. The van der Waals surface area contributed by atoms with Crippen molar-refractivity contribution in [2.45, 2.75) is 12.8 Å². The van der Waals surface area contributed by atoms with Crippen LogP contribution in [0.3, 0.4) is 0 Å². The number of hydrogen-bond donors (Lipinski definition) is 1. The molecule has 1 aromatic heterocycles. The molecule has 0 radical (unpaired) electrons. The molecule has 0 spiro atoms. The van der Waals surface area contributed by atoms with Gasteiger partial charge in [0.15, 0.2) is 0 Å². The van der Waals surface area contributed by atoms with Crippen LogP contribution in [-0.2, 0) is 0 Å². The lowest BCUT2D eigenvalue weighted by Gasteiger charge is -2.19. The fraction of sp³-hybridized carbons (Fsp3) is 0.333. The summed E-state index contributed by atoms with van der Waals surface area (Å²) in [4.78, 5) is 20.4. The first-order chi connectivity index (χ1) is 8.25. The van der Waals surface area contributed by atoms with Crippen molar-refractivity contribution >= 4 is 16.6 Å². The van der Waals surface area contributed by atoms with Crippen molar-refractivity contribution in [3.05, 3.63) is 34.6 Å². The summed E-state index contributed by atoms with van der Waals surface area (Å²) < 4.78 is 13.5. The van der Waals surface area contributed by atoms with E-state index in [4.69, 9.17) is 0 Å². The summed E-state index contributed by atoms with van der Waals surface area (Å²) in [5.74, 6) is -0.350. The highest BCUT2D eigenvalue weighted by Gasteiger charge is 2.18. The van der Waals surface area contributed by atoms with E-state index >= 15 is 0 Å². The summed E-state index contributed by atoms with van der Waals surface area (Å²) in [5, 5.41) is 0.482. The average Bonchev–Trinajstić information content (AvgIpc) is 2.81. The maximum absolute atomic E-state index is 13.5. The van der Waals surface area contributed by atoms with Crippen LogP contribution in [0.2, 0.25) is 0 Å². The molecule has 4 nitrogen and oxygen atoms in total. The fourth-order valence-corrected chi connectivity index (χ4v) is 2.35. The van der Waals surface area contributed by atoms with Gasteiger partial charge in [0, 0.05) is 19.2 Å². The van der Waals surface area contributed by atoms with E-state index in [1.54, 1.807) is 0 Å². The first-order valence-electron chi connectivity index (χ1n) is 5.67. The van der Waals surface area contributed by atoms with Crippen LogP contribution in [0.15, 0.2) is 23.3 Å². The highest BCUT2D eigenvalue weighted by molar-refractivity contribution is 5.91. The van der Waals surface area contributed by atoms with Crippen LogP contribution in [0.5, 0.6) is 0 Å². The number of nitrogens with one attached hydrogen (secondary N) is 1. The van der Waals surface area contributed by atoms with Gasteiger partial charge in [-0.2, -0.15) is 0 Å². The Balaban J connectivity index is 2.31. The Morgan fingerprint density at radius 3 is 2.82 bits per heavy atom. The first kappa shape index (κ1) is 10.3. The van der Waals surface area contributed by atoms with Gasteiger partial charge in [-0.15, -0.1) is 0 Å². The van der Waals surface area contributed by atoms with E-state index in [-0.39, 0.29) is 11.4 Å². The highest BCUT2D eigenvalue weighted by Crippen LogP contribution is 2.27. The molecule has 0 amide bonds. The van der Waals surface area contributed by atoms with Crippen LogP contribution >= 0.6 is 0 Å². The molecule has 0 bridgehead atoms. The van der Waals surface area contributed by atoms with Crippen LogP contribution in [0.4, 0.5) is 10.1 Å². The second-order valence-electron chi connectivity index (χ2n) is 4.24. The summed E-state index contributed by atoms with van der Waals surface area (Å²) in [7, 11) is 0. The normalized spacial score (nSPS) is 15.7. The maximum Gasteiger partial charge on any atom is 0.260 e. The van der Waals surface area contributed by atoms with Gasteiger partial charge in [0.25, 0.3) is 5.56 Å². The molecule has 1 aliphatic rings. The molecule has 1 N–H and O–H groups in total. The predicted molar refractivity (Wildman–Crippen MR) is 63.8 cm³/mol. The Labute approximate surface area is 97.1 Å². The van der Waals surface area contributed by atoms with E-state index in [0.717, 1.165) is 25.9 Å². The van der Waals surface area contributed by atoms with Gasteiger partial charge in [-0.1, -0.05) is 0 Å². The molecule has 2 heterocycles. The van der Waals surface area contributed by atoms with E-state index in [1.807, 2.05) is 4.90 Å². The Kier molecular flexibility index (Phi) is 2.31. The summed E-state index contributed by atoms with van der Waals surface area (Å²) in [6, 6.07) is 2.72. The fourth-order valence-electron chi connectivity index (χ4n) is 2.35. The van der Waals surface area contributed by atoms with Gasteiger partial charge in [-0.05, 0) is 18.9 Å². The van der Waals surface area contributed by atoms with Crippen molar-refractivity contribution in [2.75, 3.05) is 18.0 Å². The van der Waals surface area contributed by atoms with Gasteiger partial charge in [-0.3, -0.25) is 4.79 Å². The third-order valence-electron chi connectivity index (χ3n) is 3.13. The SMILES string of the molecule is O=c1[nH]cnc2cc(F)cc(N3CCCC3)c12. The summed E-state index contributed by atoms with van der Waals surface area (Å²) in [6.07, 6.45) is 3.46.